The molecule has 0 N–H and O–H groups in total. The third-order valence-electron chi connectivity index (χ3n) is 5.83. The van der Waals surface area contributed by atoms with Gasteiger partial charge < -0.3 is 4.90 Å². The Bertz CT molecular complexity index is 1230. The second kappa shape index (κ2) is 8.05. The van der Waals surface area contributed by atoms with Crippen molar-refractivity contribution in [3.63, 3.8) is 0 Å². The Kier molecular flexibility index (Phi) is 5.57. The molecule has 0 radical (unpaired) electrons. The molecule has 3 heterocycles. The van der Waals surface area contributed by atoms with Crippen LogP contribution in [0.15, 0.2) is 35.5 Å². The average molecular weight is 441 g/mol. The van der Waals surface area contributed by atoms with Gasteiger partial charge in [-0.05, 0) is 51.8 Å². The number of nitrogens with zero attached hydrogens (tertiary/aromatic N) is 6. The maximum Gasteiger partial charge on any atom is 0.243 e. The molecule has 3 aromatic rings. The van der Waals surface area contributed by atoms with Crippen molar-refractivity contribution >= 4 is 15.8 Å². The van der Waals surface area contributed by atoms with Gasteiger partial charge in [0.2, 0.25) is 10.0 Å². The lowest BCUT2D eigenvalue weighted by Crippen LogP contribution is -2.49. The summed E-state index contributed by atoms with van der Waals surface area (Å²) in [6.45, 7) is 11.6. The molecular formula is C22H28N6O2S. The van der Waals surface area contributed by atoms with Gasteiger partial charge in [0, 0.05) is 37.9 Å². The normalized spacial score (nSPS) is 15.5. The highest BCUT2D eigenvalue weighted by Gasteiger charge is 2.30. The second-order valence-corrected chi connectivity index (χ2v) is 9.98. The van der Waals surface area contributed by atoms with E-state index in [9.17, 15) is 8.42 Å². The van der Waals surface area contributed by atoms with Crippen molar-refractivity contribution in [2.24, 2.45) is 0 Å². The zero-order chi connectivity index (χ0) is 22.3. The van der Waals surface area contributed by atoms with Gasteiger partial charge in [-0.2, -0.15) is 4.31 Å². The lowest BCUT2D eigenvalue weighted by Gasteiger charge is -2.35. The number of hydrogen-bond donors (Lipinski definition) is 0. The number of aromatic nitrogens is 4. The molecule has 1 fully saturated rings. The van der Waals surface area contributed by atoms with E-state index in [1.165, 1.54) is 0 Å². The van der Waals surface area contributed by atoms with Gasteiger partial charge in [-0.1, -0.05) is 12.1 Å². The maximum atomic E-state index is 13.2. The standard InChI is InChI=1S/C22H28N6O2S/c1-15-6-7-16(2)20(12-15)31(29,30)27-10-8-26(9-11-27)21-13-22(25-19(5)24-21)28-14-23-17(3)18(28)4/h6-7,12-14H,8-11H2,1-5H3. The van der Waals surface area contributed by atoms with E-state index in [0.29, 0.717) is 36.9 Å². The van der Waals surface area contributed by atoms with Crippen LogP contribution >= 0.6 is 0 Å². The van der Waals surface area contributed by atoms with E-state index in [1.807, 2.05) is 57.4 Å². The molecule has 0 saturated carbocycles. The molecule has 31 heavy (non-hydrogen) atoms. The molecule has 2 aromatic heterocycles. The molecule has 0 unspecified atom stereocenters. The van der Waals surface area contributed by atoms with E-state index in [2.05, 4.69) is 19.9 Å². The first-order valence-electron chi connectivity index (χ1n) is 10.4. The van der Waals surface area contributed by atoms with E-state index in [0.717, 1.165) is 34.2 Å². The molecule has 0 aliphatic carbocycles. The first-order chi connectivity index (χ1) is 14.7. The van der Waals surface area contributed by atoms with Crippen molar-refractivity contribution in [2.75, 3.05) is 31.1 Å². The monoisotopic (exact) mass is 440 g/mol. The van der Waals surface area contributed by atoms with Crippen LogP contribution in [0.4, 0.5) is 5.82 Å². The fourth-order valence-corrected chi connectivity index (χ4v) is 5.57. The number of anilines is 1. The number of aryl methyl sites for hydroxylation is 4. The summed E-state index contributed by atoms with van der Waals surface area (Å²) in [6, 6.07) is 7.50. The molecule has 8 nitrogen and oxygen atoms in total. The summed E-state index contributed by atoms with van der Waals surface area (Å²) in [5.74, 6) is 2.24. The Morgan fingerprint density at radius 3 is 2.19 bits per heavy atom. The van der Waals surface area contributed by atoms with Gasteiger partial charge in [0.05, 0.1) is 10.6 Å². The summed E-state index contributed by atoms with van der Waals surface area (Å²) < 4.78 is 29.9. The first kappa shape index (κ1) is 21.5. The zero-order valence-electron chi connectivity index (χ0n) is 18.6. The van der Waals surface area contributed by atoms with Crippen LogP contribution in [0.5, 0.6) is 0 Å². The molecule has 0 bridgehead atoms. The molecule has 164 valence electrons. The van der Waals surface area contributed by atoms with E-state index in [1.54, 1.807) is 16.7 Å². The van der Waals surface area contributed by atoms with Gasteiger partial charge >= 0.3 is 0 Å². The molecule has 1 aliphatic heterocycles. The van der Waals surface area contributed by atoms with Gasteiger partial charge in [0.1, 0.15) is 23.8 Å². The molecule has 0 atom stereocenters. The summed E-state index contributed by atoms with van der Waals surface area (Å²) in [4.78, 5) is 16.0. The van der Waals surface area contributed by atoms with Crippen LogP contribution in [0, 0.1) is 34.6 Å². The molecular weight excluding hydrogens is 412 g/mol. The van der Waals surface area contributed by atoms with Crippen LogP contribution in [-0.4, -0.2) is 58.4 Å². The van der Waals surface area contributed by atoms with E-state index in [-0.39, 0.29) is 0 Å². The Hall–Kier alpha value is -2.78. The topological polar surface area (TPSA) is 84.2 Å². The Morgan fingerprint density at radius 2 is 1.55 bits per heavy atom. The minimum absolute atomic E-state index is 0.395. The minimum atomic E-state index is -3.52. The van der Waals surface area contributed by atoms with Crippen LogP contribution in [0.25, 0.3) is 5.82 Å². The van der Waals surface area contributed by atoms with Crippen LogP contribution in [0.2, 0.25) is 0 Å². The molecule has 0 spiro atoms. The molecule has 0 amide bonds. The van der Waals surface area contributed by atoms with Gasteiger partial charge in [-0.25, -0.2) is 23.4 Å². The number of rotatable bonds is 4. The fourth-order valence-electron chi connectivity index (χ4n) is 3.83. The highest BCUT2D eigenvalue weighted by molar-refractivity contribution is 7.89. The summed E-state index contributed by atoms with van der Waals surface area (Å²) in [7, 11) is -3.52. The lowest BCUT2D eigenvalue weighted by atomic mass is 10.2. The number of piperazine rings is 1. The summed E-state index contributed by atoms with van der Waals surface area (Å²) in [6.07, 6.45) is 1.77. The number of benzene rings is 1. The summed E-state index contributed by atoms with van der Waals surface area (Å²) >= 11 is 0. The highest BCUT2D eigenvalue weighted by atomic mass is 32.2. The smallest absolute Gasteiger partial charge is 0.243 e. The molecule has 1 saturated heterocycles. The number of hydrogen-bond acceptors (Lipinski definition) is 6. The highest BCUT2D eigenvalue weighted by Crippen LogP contribution is 2.24. The van der Waals surface area contributed by atoms with Crippen molar-refractivity contribution in [2.45, 2.75) is 39.5 Å². The summed E-state index contributed by atoms with van der Waals surface area (Å²) in [5, 5.41) is 0. The van der Waals surface area contributed by atoms with Gasteiger partial charge in [0.25, 0.3) is 0 Å². The lowest BCUT2D eigenvalue weighted by molar-refractivity contribution is 0.383. The van der Waals surface area contributed by atoms with Crippen molar-refractivity contribution in [1.82, 2.24) is 23.8 Å². The summed E-state index contributed by atoms with van der Waals surface area (Å²) in [5.41, 5.74) is 3.71. The van der Waals surface area contributed by atoms with Gasteiger partial charge in [-0.3, -0.25) is 4.57 Å². The fraction of sp³-hybridized carbons (Fsp3) is 0.409. The first-order valence-corrected chi connectivity index (χ1v) is 11.8. The van der Waals surface area contributed by atoms with Gasteiger partial charge in [0.15, 0.2) is 0 Å². The average Bonchev–Trinajstić information content (AvgIpc) is 3.08. The van der Waals surface area contributed by atoms with Crippen molar-refractivity contribution in [3.8, 4) is 5.82 Å². The van der Waals surface area contributed by atoms with Crippen LogP contribution < -0.4 is 4.90 Å². The van der Waals surface area contributed by atoms with Crippen LogP contribution in [-0.2, 0) is 10.0 Å². The molecule has 9 heteroatoms. The Balaban J connectivity index is 1.55. The molecule has 4 rings (SSSR count). The predicted molar refractivity (Wildman–Crippen MR) is 120 cm³/mol. The Labute approximate surface area is 183 Å². The van der Waals surface area contributed by atoms with E-state index in [4.69, 9.17) is 0 Å². The SMILES string of the molecule is Cc1ccc(C)c(S(=O)(=O)N2CCN(c3cc(-n4cnc(C)c4C)nc(C)n3)CC2)c1. The number of imidazole rings is 1. The Morgan fingerprint density at radius 1 is 0.871 bits per heavy atom. The zero-order valence-corrected chi connectivity index (χ0v) is 19.4. The minimum Gasteiger partial charge on any atom is -0.354 e. The van der Waals surface area contributed by atoms with Crippen LogP contribution in [0.3, 0.4) is 0 Å². The third-order valence-corrected chi connectivity index (χ3v) is 7.87. The largest absolute Gasteiger partial charge is 0.354 e. The molecule has 1 aromatic carbocycles. The number of sulfonamides is 1. The second-order valence-electron chi connectivity index (χ2n) is 8.08. The van der Waals surface area contributed by atoms with Crippen molar-refractivity contribution < 1.29 is 8.42 Å². The van der Waals surface area contributed by atoms with Crippen molar-refractivity contribution in [1.29, 1.82) is 0 Å². The predicted octanol–water partition coefficient (Wildman–Crippen LogP) is 2.72. The van der Waals surface area contributed by atoms with Crippen LogP contribution in [0.1, 0.15) is 28.3 Å². The third kappa shape index (κ3) is 4.07. The molecule has 1 aliphatic rings. The van der Waals surface area contributed by atoms with E-state index < -0.39 is 10.0 Å². The quantitative estimate of drug-likeness (QED) is 0.620. The van der Waals surface area contributed by atoms with Crippen molar-refractivity contribution in [3.05, 3.63) is 58.9 Å². The maximum absolute atomic E-state index is 13.2. The van der Waals surface area contributed by atoms with E-state index >= 15 is 0 Å². The van der Waals surface area contributed by atoms with Gasteiger partial charge in [-0.15, -0.1) is 0 Å².